The highest BCUT2D eigenvalue weighted by atomic mass is 79.9. The molecule has 0 aromatic carbocycles. The van der Waals surface area contributed by atoms with Crippen LogP contribution in [0.1, 0.15) is 0 Å². The van der Waals surface area contributed by atoms with Crippen molar-refractivity contribution in [2.45, 2.75) is 6.54 Å². The van der Waals surface area contributed by atoms with Gasteiger partial charge in [0.25, 0.3) is 0 Å². The van der Waals surface area contributed by atoms with Gasteiger partial charge in [0.15, 0.2) is 0 Å². The molecule has 0 aliphatic rings. The monoisotopic (exact) mass is 237 g/mol. The van der Waals surface area contributed by atoms with Crippen LogP contribution in [0.15, 0.2) is 12.4 Å². The molecule has 12 heavy (non-hydrogen) atoms. The number of aliphatic hydroxyl groups is 1. The number of hydrogen-bond acceptors (Lipinski definition) is 4. The largest absolute Gasteiger partial charge is 0.434 e. The Bertz CT molecular complexity index is 262. The van der Waals surface area contributed by atoms with Gasteiger partial charge in [-0.25, -0.2) is 4.57 Å². The third-order valence-electron chi connectivity index (χ3n) is 1.20. The van der Waals surface area contributed by atoms with Crippen molar-refractivity contribution in [1.82, 2.24) is 9.55 Å². The van der Waals surface area contributed by atoms with Gasteiger partial charge in [-0.3, -0.25) is 0 Å². The number of aromatic nitrogens is 2. The molecule has 1 rings (SSSR count). The van der Waals surface area contributed by atoms with E-state index in [0.717, 1.165) is 0 Å². The van der Waals surface area contributed by atoms with Gasteiger partial charge in [0.1, 0.15) is 12.4 Å². The molecule has 0 radical (unpaired) electrons. The van der Waals surface area contributed by atoms with Crippen LogP contribution in [0.2, 0.25) is 0 Å². The first-order valence-electron chi connectivity index (χ1n) is 3.02. The van der Waals surface area contributed by atoms with Crippen molar-refractivity contribution in [3.8, 4) is 0 Å². The SMILES string of the molecule is Br.O=[N+]([O-])c1nccn1CCO. The third kappa shape index (κ3) is 2.28. The Balaban J connectivity index is 0.00000121. The number of nitrogens with zero attached hydrogens (tertiary/aromatic N) is 3. The third-order valence-corrected chi connectivity index (χ3v) is 1.20. The van der Waals surface area contributed by atoms with Crippen LogP contribution in [0.4, 0.5) is 5.95 Å². The summed E-state index contributed by atoms with van der Waals surface area (Å²) in [5.41, 5.74) is 0. The normalized spacial score (nSPS) is 9.08. The molecule has 0 amide bonds. The van der Waals surface area contributed by atoms with Gasteiger partial charge in [-0.05, 0) is 4.92 Å². The van der Waals surface area contributed by atoms with Crippen molar-refractivity contribution in [1.29, 1.82) is 0 Å². The van der Waals surface area contributed by atoms with E-state index in [9.17, 15) is 10.1 Å². The Kier molecular flexibility index (Phi) is 4.45. The lowest BCUT2D eigenvalue weighted by atomic mass is 10.6. The van der Waals surface area contributed by atoms with Gasteiger partial charge in [0.05, 0.1) is 13.2 Å². The summed E-state index contributed by atoms with van der Waals surface area (Å²) in [5, 5.41) is 18.7. The van der Waals surface area contributed by atoms with E-state index < -0.39 is 4.92 Å². The van der Waals surface area contributed by atoms with Crippen molar-refractivity contribution >= 4 is 22.9 Å². The second kappa shape index (κ2) is 4.83. The fraction of sp³-hybridized carbons (Fsp3) is 0.400. The summed E-state index contributed by atoms with van der Waals surface area (Å²) in [6.07, 6.45) is 2.78. The van der Waals surface area contributed by atoms with E-state index in [2.05, 4.69) is 4.98 Å². The number of imidazole rings is 1. The summed E-state index contributed by atoms with van der Waals surface area (Å²) >= 11 is 0. The van der Waals surface area contributed by atoms with E-state index in [-0.39, 0.29) is 36.1 Å². The van der Waals surface area contributed by atoms with Crippen molar-refractivity contribution < 1.29 is 10.0 Å². The lowest BCUT2D eigenvalue weighted by Crippen LogP contribution is -2.05. The Morgan fingerprint density at radius 2 is 2.42 bits per heavy atom. The topological polar surface area (TPSA) is 81.2 Å². The maximum absolute atomic E-state index is 10.2. The predicted octanol–water partition coefficient (Wildman–Crippen LogP) is 0.361. The van der Waals surface area contributed by atoms with Crippen LogP contribution < -0.4 is 0 Å². The maximum Gasteiger partial charge on any atom is 0.434 e. The smallest absolute Gasteiger partial charge is 0.393 e. The molecule has 0 atom stereocenters. The predicted molar refractivity (Wildman–Crippen MR) is 46.3 cm³/mol. The molecule has 7 heteroatoms. The molecule has 6 nitrogen and oxygen atoms in total. The van der Waals surface area contributed by atoms with Gasteiger partial charge in [-0.15, -0.1) is 17.0 Å². The molecule has 1 N–H and O–H groups in total. The van der Waals surface area contributed by atoms with Gasteiger partial charge < -0.3 is 15.2 Å². The van der Waals surface area contributed by atoms with E-state index >= 15 is 0 Å². The van der Waals surface area contributed by atoms with Crippen LogP contribution in [0, 0.1) is 10.1 Å². The second-order valence-corrected chi connectivity index (χ2v) is 1.90. The van der Waals surface area contributed by atoms with Gasteiger partial charge in [0, 0.05) is 0 Å². The molecule has 0 aliphatic heterocycles. The zero-order chi connectivity index (χ0) is 8.27. The molecule has 0 spiro atoms. The Morgan fingerprint density at radius 3 is 2.92 bits per heavy atom. The first kappa shape index (κ1) is 11.1. The molecule has 1 aromatic heterocycles. The molecular weight excluding hydrogens is 230 g/mol. The van der Waals surface area contributed by atoms with Crippen LogP contribution in [-0.4, -0.2) is 26.2 Å². The number of halogens is 1. The molecule has 1 aromatic rings. The molecule has 1 heterocycles. The summed E-state index contributed by atoms with van der Waals surface area (Å²) < 4.78 is 1.28. The van der Waals surface area contributed by atoms with Crippen LogP contribution in [0.5, 0.6) is 0 Å². The first-order valence-corrected chi connectivity index (χ1v) is 3.02. The minimum absolute atomic E-state index is 0. The van der Waals surface area contributed by atoms with Gasteiger partial charge in [0.2, 0.25) is 0 Å². The van der Waals surface area contributed by atoms with Crippen molar-refractivity contribution in [2.24, 2.45) is 0 Å². The van der Waals surface area contributed by atoms with E-state index in [1.165, 1.54) is 17.0 Å². The molecular formula is C5H8BrN3O3. The zero-order valence-corrected chi connectivity index (χ0v) is 7.80. The molecule has 0 aliphatic carbocycles. The Morgan fingerprint density at radius 1 is 1.75 bits per heavy atom. The zero-order valence-electron chi connectivity index (χ0n) is 6.08. The van der Waals surface area contributed by atoms with Crippen molar-refractivity contribution in [2.75, 3.05) is 6.61 Å². The highest BCUT2D eigenvalue weighted by Gasteiger charge is 2.12. The number of nitro groups is 1. The summed E-state index contributed by atoms with van der Waals surface area (Å²) in [6, 6.07) is 0. The number of rotatable bonds is 3. The average molecular weight is 238 g/mol. The lowest BCUT2D eigenvalue weighted by Gasteiger charge is -1.96. The lowest BCUT2D eigenvalue weighted by molar-refractivity contribution is -0.396. The van der Waals surface area contributed by atoms with Crippen LogP contribution >= 0.6 is 17.0 Å². The van der Waals surface area contributed by atoms with Crippen molar-refractivity contribution in [3.05, 3.63) is 22.5 Å². The highest BCUT2D eigenvalue weighted by molar-refractivity contribution is 8.93. The number of aliphatic hydroxyl groups excluding tert-OH is 1. The fourth-order valence-corrected chi connectivity index (χ4v) is 0.756. The summed E-state index contributed by atoms with van der Waals surface area (Å²) in [5.74, 6) is -0.237. The van der Waals surface area contributed by atoms with Crippen LogP contribution in [0.25, 0.3) is 0 Å². The van der Waals surface area contributed by atoms with E-state index in [1.807, 2.05) is 0 Å². The summed E-state index contributed by atoms with van der Waals surface area (Å²) in [4.78, 5) is 13.1. The second-order valence-electron chi connectivity index (χ2n) is 1.90. The molecule has 68 valence electrons. The maximum atomic E-state index is 10.2. The summed E-state index contributed by atoms with van der Waals surface area (Å²) in [6.45, 7) is 0.0769. The fourth-order valence-electron chi connectivity index (χ4n) is 0.756. The molecule has 0 saturated carbocycles. The van der Waals surface area contributed by atoms with Gasteiger partial charge >= 0.3 is 5.95 Å². The molecule has 0 fully saturated rings. The molecule has 0 bridgehead atoms. The summed E-state index contributed by atoms with van der Waals surface area (Å²) in [7, 11) is 0. The number of hydrogen-bond donors (Lipinski definition) is 1. The van der Waals surface area contributed by atoms with Crippen molar-refractivity contribution in [3.63, 3.8) is 0 Å². The standard InChI is InChI=1S/C5H7N3O3.BrH/c9-4-3-7-2-1-6-5(7)8(10)11;/h1-2,9H,3-4H2;1H. The first-order chi connectivity index (χ1) is 5.25. The Hall–Kier alpha value is -0.950. The average Bonchev–Trinajstić information content (AvgIpc) is 2.36. The quantitative estimate of drug-likeness (QED) is 0.608. The van der Waals surface area contributed by atoms with Crippen LogP contribution in [0.3, 0.4) is 0 Å². The van der Waals surface area contributed by atoms with Gasteiger partial charge in [-0.2, -0.15) is 0 Å². The minimum Gasteiger partial charge on any atom is -0.393 e. The van der Waals surface area contributed by atoms with E-state index in [4.69, 9.17) is 5.11 Å². The minimum atomic E-state index is -0.588. The highest BCUT2D eigenvalue weighted by Crippen LogP contribution is 2.05. The Labute approximate surface area is 78.8 Å². The van der Waals surface area contributed by atoms with Crippen LogP contribution in [-0.2, 0) is 6.54 Å². The molecule has 0 saturated heterocycles. The van der Waals surface area contributed by atoms with E-state index in [0.29, 0.717) is 0 Å². The van der Waals surface area contributed by atoms with E-state index in [1.54, 1.807) is 0 Å². The molecule has 0 unspecified atom stereocenters. The van der Waals surface area contributed by atoms with Gasteiger partial charge in [-0.1, -0.05) is 4.98 Å².